The highest BCUT2D eigenvalue weighted by Crippen LogP contribution is 2.14. The minimum Gasteiger partial charge on any atom is -0.462 e. The summed E-state index contributed by atoms with van der Waals surface area (Å²) in [5, 5.41) is 5.92. The number of esters is 1. The average molecular weight is 356 g/mol. The van der Waals surface area contributed by atoms with Crippen LogP contribution < -0.4 is 10.6 Å². The molecule has 1 amide bonds. The van der Waals surface area contributed by atoms with Gasteiger partial charge in [-0.05, 0) is 65.0 Å². The predicted octanol–water partition coefficient (Wildman–Crippen LogP) is 3.42. The van der Waals surface area contributed by atoms with Gasteiger partial charge in [0.1, 0.15) is 5.69 Å². The smallest absolute Gasteiger partial charge is 0.338 e. The van der Waals surface area contributed by atoms with Gasteiger partial charge in [0.2, 0.25) is 5.95 Å². The first-order valence-corrected chi connectivity index (χ1v) is 8.40. The highest BCUT2D eigenvalue weighted by molar-refractivity contribution is 6.03. The van der Waals surface area contributed by atoms with Gasteiger partial charge < -0.3 is 15.4 Å². The average Bonchev–Trinajstić information content (AvgIpc) is 2.53. The van der Waals surface area contributed by atoms with E-state index in [1.54, 1.807) is 44.2 Å². The molecular formula is C19H24N4O3. The van der Waals surface area contributed by atoms with Crippen LogP contribution in [0.5, 0.6) is 0 Å². The van der Waals surface area contributed by atoms with Crippen molar-refractivity contribution < 1.29 is 14.3 Å². The van der Waals surface area contributed by atoms with Crippen LogP contribution in [0.2, 0.25) is 0 Å². The molecule has 7 nitrogen and oxygen atoms in total. The first kappa shape index (κ1) is 19.4. The van der Waals surface area contributed by atoms with E-state index in [1.807, 2.05) is 20.8 Å². The molecule has 0 radical (unpaired) electrons. The van der Waals surface area contributed by atoms with E-state index in [4.69, 9.17) is 4.74 Å². The van der Waals surface area contributed by atoms with Crippen LogP contribution in [-0.4, -0.2) is 34.0 Å². The van der Waals surface area contributed by atoms with E-state index in [9.17, 15) is 9.59 Å². The predicted molar refractivity (Wildman–Crippen MR) is 100 cm³/mol. The van der Waals surface area contributed by atoms with E-state index in [0.29, 0.717) is 29.5 Å². The normalized spacial score (nSPS) is 11.0. The van der Waals surface area contributed by atoms with Gasteiger partial charge in [-0.25, -0.2) is 14.8 Å². The number of nitrogens with zero attached hydrogens (tertiary/aromatic N) is 2. The Bertz CT molecular complexity index is 795. The van der Waals surface area contributed by atoms with Crippen molar-refractivity contribution in [3.63, 3.8) is 0 Å². The van der Waals surface area contributed by atoms with Crippen LogP contribution in [0, 0.1) is 6.92 Å². The lowest BCUT2D eigenvalue weighted by atomic mass is 10.1. The zero-order valence-electron chi connectivity index (χ0n) is 15.7. The number of anilines is 2. The summed E-state index contributed by atoms with van der Waals surface area (Å²) in [4.78, 5) is 32.7. The maximum Gasteiger partial charge on any atom is 0.338 e. The molecular weight excluding hydrogens is 332 g/mol. The molecule has 0 aliphatic heterocycles. The number of nitrogens with one attached hydrogen (secondary N) is 2. The number of benzene rings is 1. The third kappa shape index (κ3) is 5.54. The monoisotopic (exact) mass is 356 g/mol. The van der Waals surface area contributed by atoms with Gasteiger partial charge in [0.05, 0.1) is 12.2 Å². The third-order valence-corrected chi connectivity index (χ3v) is 3.23. The number of carbonyl (C=O) groups is 2. The Labute approximate surface area is 153 Å². The Morgan fingerprint density at radius 2 is 1.77 bits per heavy atom. The molecule has 0 spiro atoms. The summed E-state index contributed by atoms with van der Waals surface area (Å²) >= 11 is 0. The summed E-state index contributed by atoms with van der Waals surface area (Å²) in [6.07, 6.45) is 0. The first-order valence-electron chi connectivity index (χ1n) is 8.40. The molecule has 0 bridgehead atoms. The SMILES string of the molecule is CCOC(=O)c1ccc(NC(=O)c2cc(C)nc(NC(C)(C)C)n2)cc1. The molecule has 0 saturated heterocycles. The van der Waals surface area contributed by atoms with Crippen LogP contribution in [0.3, 0.4) is 0 Å². The van der Waals surface area contributed by atoms with Crippen LogP contribution in [0.15, 0.2) is 30.3 Å². The van der Waals surface area contributed by atoms with Crippen LogP contribution in [-0.2, 0) is 4.74 Å². The van der Waals surface area contributed by atoms with Crippen LogP contribution >= 0.6 is 0 Å². The molecule has 2 N–H and O–H groups in total. The number of hydrogen-bond acceptors (Lipinski definition) is 6. The minimum atomic E-state index is -0.394. The number of rotatable bonds is 5. The molecule has 2 rings (SSSR count). The summed E-state index contributed by atoms with van der Waals surface area (Å²) in [6, 6.07) is 8.12. The second-order valence-corrected chi connectivity index (χ2v) is 6.85. The van der Waals surface area contributed by atoms with E-state index in [2.05, 4.69) is 20.6 Å². The number of carbonyl (C=O) groups excluding carboxylic acids is 2. The van der Waals surface area contributed by atoms with Gasteiger partial charge >= 0.3 is 5.97 Å². The standard InChI is InChI=1S/C19H24N4O3/c1-6-26-17(25)13-7-9-14(10-8-13)21-16(24)15-11-12(2)20-18(22-15)23-19(3,4)5/h7-11H,6H2,1-5H3,(H,21,24)(H,20,22,23). The van der Waals surface area contributed by atoms with E-state index in [0.717, 1.165) is 0 Å². The molecule has 1 heterocycles. The molecule has 138 valence electrons. The molecule has 0 unspecified atom stereocenters. The Morgan fingerprint density at radius 3 is 2.35 bits per heavy atom. The fraction of sp³-hybridized carbons (Fsp3) is 0.368. The third-order valence-electron chi connectivity index (χ3n) is 3.23. The quantitative estimate of drug-likeness (QED) is 0.797. The zero-order valence-corrected chi connectivity index (χ0v) is 15.7. The molecule has 1 aromatic heterocycles. The lowest BCUT2D eigenvalue weighted by Crippen LogP contribution is -2.28. The van der Waals surface area contributed by atoms with E-state index in [-0.39, 0.29) is 17.1 Å². The molecule has 0 saturated carbocycles. The summed E-state index contributed by atoms with van der Waals surface area (Å²) in [5.74, 6) is -0.341. The van der Waals surface area contributed by atoms with Crippen molar-refractivity contribution in [1.82, 2.24) is 9.97 Å². The van der Waals surface area contributed by atoms with Crippen molar-refractivity contribution in [3.8, 4) is 0 Å². The van der Waals surface area contributed by atoms with Gasteiger partial charge in [0.25, 0.3) is 5.91 Å². The van der Waals surface area contributed by atoms with Crippen molar-refractivity contribution in [3.05, 3.63) is 47.3 Å². The summed E-state index contributed by atoms with van der Waals surface area (Å²) in [5.41, 5.74) is 1.72. The molecule has 0 aliphatic carbocycles. The van der Waals surface area contributed by atoms with Gasteiger partial charge in [0, 0.05) is 16.9 Å². The first-order chi connectivity index (χ1) is 12.2. The van der Waals surface area contributed by atoms with Gasteiger partial charge in [-0.1, -0.05) is 0 Å². The lowest BCUT2D eigenvalue weighted by molar-refractivity contribution is 0.0526. The number of aryl methyl sites for hydroxylation is 1. The number of amides is 1. The fourth-order valence-electron chi connectivity index (χ4n) is 2.18. The zero-order chi connectivity index (χ0) is 19.3. The number of aromatic nitrogens is 2. The van der Waals surface area contributed by atoms with Gasteiger partial charge in [0.15, 0.2) is 0 Å². The molecule has 7 heteroatoms. The van der Waals surface area contributed by atoms with E-state index in [1.165, 1.54) is 0 Å². The minimum absolute atomic E-state index is 0.218. The van der Waals surface area contributed by atoms with Crippen molar-refractivity contribution >= 4 is 23.5 Å². The molecule has 0 atom stereocenters. The van der Waals surface area contributed by atoms with E-state index >= 15 is 0 Å². The number of ether oxygens (including phenoxy) is 1. The second kappa shape index (κ2) is 7.95. The summed E-state index contributed by atoms with van der Waals surface area (Å²) in [6.45, 7) is 9.84. The van der Waals surface area contributed by atoms with E-state index < -0.39 is 5.97 Å². The van der Waals surface area contributed by atoms with Crippen LogP contribution in [0.25, 0.3) is 0 Å². The Hall–Kier alpha value is -2.96. The van der Waals surface area contributed by atoms with Gasteiger partial charge in [-0.15, -0.1) is 0 Å². The van der Waals surface area contributed by atoms with Crippen LogP contribution in [0.4, 0.5) is 11.6 Å². The maximum atomic E-state index is 12.5. The Morgan fingerprint density at radius 1 is 1.12 bits per heavy atom. The summed E-state index contributed by atoms with van der Waals surface area (Å²) in [7, 11) is 0. The van der Waals surface area contributed by atoms with Crippen LogP contribution in [0.1, 0.15) is 54.2 Å². The molecule has 0 aliphatic rings. The Kier molecular flexibility index (Phi) is 5.92. The largest absolute Gasteiger partial charge is 0.462 e. The molecule has 2 aromatic rings. The van der Waals surface area contributed by atoms with Crippen molar-refractivity contribution in [2.75, 3.05) is 17.2 Å². The second-order valence-electron chi connectivity index (χ2n) is 6.85. The maximum absolute atomic E-state index is 12.5. The van der Waals surface area contributed by atoms with Crippen molar-refractivity contribution in [2.45, 2.75) is 40.2 Å². The summed E-state index contributed by atoms with van der Waals surface area (Å²) < 4.78 is 4.93. The highest BCUT2D eigenvalue weighted by Gasteiger charge is 2.15. The topological polar surface area (TPSA) is 93.2 Å². The number of hydrogen-bond donors (Lipinski definition) is 2. The highest BCUT2D eigenvalue weighted by atomic mass is 16.5. The fourth-order valence-corrected chi connectivity index (χ4v) is 2.18. The molecule has 26 heavy (non-hydrogen) atoms. The van der Waals surface area contributed by atoms with Gasteiger partial charge in [-0.2, -0.15) is 0 Å². The Balaban J connectivity index is 2.13. The molecule has 1 aromatic carbocycles. The van der Waals surface area contributed by atoms with Crippen molar-refractivity contribution in [1.29, 1.82) is 0 Å². The molecule has 0 fully saturated rings. The van der Waals surface area contributed by atoms with Gasteiger partial charge in [-0.3, -0.25) is 4.79 Å². The van der Waals surface area contributed by atoms with Crippen molar-refractivity contribution in [2.24, 2.45) is 0 Å². The lowest BCUT2D eigenvalue weighted by Gasteiger charge is -2.20.